The first-order chi connectivity index (χ1) is 9.27. The van der Waals surface area contributed by atoms with Gasteiger partial charge in [-0.05, 0) is 46.6 Å². The van der Waals surface area contributed by atoms with Crippen molar-refractivity contribution < 1.29 is 4.74 Å². The lowest BCUT2D eigenvalue weighted by Crippen LogP contribution is -2.01. The first kappa shape index (κ1) is 14.3. The highest BCUT2D eigenvalue weighted by atomic mass is 79.9. The average molecular weight is 338 g/mol. The lowest BCUT2D eigenvalue weighted by atomic mass is 10.3. The van der Waals surface area contributed by atoms with Crippen molar-refractivity contribution in [3.8, 4) is 5.75 Å². The summed E-state index contributed by atoms with van der Waals surface area (Å²) in [5.74, 6) is 1.79. The summed E-state index contributed by atoms with van der Waals surface area (Å²) in [6.45, 7) is 0.686. The van der Waals surface area contributed by atoms with Crippen LogP contribution in [0.4, 0.5) is 5.69 Å². The summed E-state index contributed by atoms with van der Waals surface area (Å²) in [5, 5.41) is 0. The Balaban J connectivity index is 1.71. The Morgan fingerprint density at radius 2 is 1.79 bits per heavy atom. The monoisotopic (exact) mass is 337 g/mol. The molecular formula is C15H16BrNOS. The fourth-order valence-electron chi connectivity index (χ4n) is 1.60. The number of hydrogen-bond donors (Lipinski definition) is 1. The Bertz CT molecular complexity index is 486. The topological polar surface area (TPSA) is 35.2 Å². The fourth-order valence-corrected chi connectivity index (χ4v) is 3.09. The van der Waals surface area contributed by atoms with Gasteiger partial charge in [0.15, 0.2) is 0 Å². The summed E-state index contributed by atoms with van der Waals surface area (Å²) in [7, 11) is 0. The lowest BCUT2D eigenvalue weighted by Gasteiger charge is -2.08. The van der Waals surface area contributed by atoms with Crippen LogP contribution in [0.2, 0.25) is 0 Å². The van der Waals surface area contributed by atoms with E-state index in [1.165, 1.54) is 4.90 Å². The average Bonchev–Trinajstić information content (AvgIpc) is 2.42. The van der Waals surface area contributed by atoms with Crippen molar-refractivity contribution in [2.75, 3.05) is 18.1 Å². The van der Waals surface area contributed by atoms with Crippen LogP contribution in [-0.2, 0) is 0 Å². The van der Waals surface area contributed by atoms with Crippen molar-refractivity contribution in [3.63, 3.8) is 0 Å². The van der Waals surface area contributed by atoms with Crippen molar-refractivity contribution in [3.05, 3.63) is 53.0 Å². The van der Waals surface area contributed by atoms with Crippen molar-refractivity contribution in [1.82, 2.24) is 0 Å². The normalized spacial score (nSPS) is 10.4. The maximum Gasteiger partial charge on any atom is 0.142 e. The Kier molecular flexibility index (Phi) is 5.61. The Hall–Kier alpha value is -1.13. The Morgan fingerprint density at radius 1 is 1.05 bits per heavy atom. The Morgan fingerprint density at radius 3 is 2.58 bits per heavy atom. The molecule has 0 spiro atoms. The zero-order chi connectivity index (χ0) is 13.5. The van der Waals surface area contributed by atoms with Crippen LogP contribution in [0.25, 0.3) is 0 Å². The van der Waals surface area contributed by atoms with Crippen LogP contribution in [0, 0.1) is 0 Å². The molecule has 2 aromatic rings. The van der Waals surface area contributed by atoms with Crippen LogP contribution in [0.5, 0.6) is 5.75 Å². The van der Waals surface area contributed by atoms with E-state index in [4.69, 9.17) is 10.5 Å². The molecule has 0 heterocycles. The largest absolute Gasteiger partial charge is 0.491 e. The number of ether oxygens (including phenoxy) is 1. The second-order valence-corrected chi connectivity index (χ2v) is 6.01. The number of hydrogen-bond acceptors (Lipinski definition) is 3. The number of para-hydroxylation sites is 2. The number of nitrogens with two attached hydrogens (primary N) is 1. The highest BCUT2D eigenvalue weighted by Gasteiger charge is 2.00. The van der Waals surface area contributed by atoms with E-state index in [9.17, 15) is 0 Å². The molecule has 0 aliphatic carbocycles. The quantitative estimate of drug-likeness (QED) is 0.475. The van der Waals surface area contributed by atoms with Crippen LogP contribution in [0.15, 0.2) is 57.9 Å². The van der Waals surface area contributed by atoms with Gasteiger partial charge in [-0.3, -0.25) is 0 Å². The lowest BCUT2D eigenvalue weighted by molar-refractivity contribution is 0.320. The summed E-state index contributed by atoms with van der Waals surface area (Å²) in [6, 6.07) is 15.8. The molecule has 0 amide bonds. The standard InChI is InChI=1S/C15H16BrNOS/c16-12-6-1-4-9-15(12)19-11-5-10-18-14-8-3-2-7-13(14)17/h1-4,6-9H,5,10-11,17H2. The third kappa shape index (κ3) is 4.48. The van der Waals surface area contributed by atoms with Crippen molar-refractivity contribution in [1.29, 1.82) is 0 Å². The van der Waals surface area contributed by atoms with E-state index in [1.807, 2.05) is 48.2 Å². The molecule has 2 nitrogen and oxygen atoms in total. The van der Waals surface area contributed by atoms with Crippen molar-refractivity contribution in [2.45, 2.75) is 11.3 Å². The molecule has 2 aromatic carbocycles. The molecule has 100 valence electrons. The van der Waals surface area contributed by atoms with E-state index in [-0.39, 0.29) is 0 Å². The highest BCUT2D eigenvalue weighted by molar-refractivity contribution is 9.10. The molecule has 0 radical (unpaired) electrons. The van der Waals surface area contributed by atoms with Gasteiger partial charge in [0.05, 0.1) is 12.3 Å². The minimum absolute atomic E-state index is 0.686. The van der Waals surface area contributed by atoms with E-state index in [2.05, 4.69) is 28.1 Å². The van der Waals surface area contributed by atoms with E-state index in [0.717, 1.165) is 22.4 Å². The van der Waals surface area contributed by atoms with Gasteiger partial charge < -0.3 is 10.5 Å². The third-order valence-corrected chi connectivity index (χ3v) is 4.67. The zero-order valence-electron chi connectivity index (χ0n) is 10.5. The molecule has 0 saturated heterocycles. The van der Waals surface area contributed by atoms with Gasteiger partial charge in [0.25, 0.3) is 0 Å². The molecule has 0 aliphatic heterocycles. The van der Waals surface area contributed by atoms with E-state index in [1.54, 1.807) is 0 Å². The molecule has 0 aliphatic rings. The first-order valence-corrected chi connectivity index (χ1v) is 7.90. The third-order valence-electron chi connectivity index (χ3n) is 2.56. The van der Waals surface area contributed by atoms with Crippen LogP contribution in [0.3, 0.4) is 0 Å². The van der Waals surface area contributed by atoms with Gasteiger partial charge >= 0.3 is 0 Å². The number of halogens is 1. The van der Waals surface area contributed by atoms with Gasteiger partial charge in [-0.1, -0.05) is 24.3 Å². The van der Waals surface area contributed by atoms with Crippen molar-refractivity contribution >= 4 is 33.4 Å². The summed E-state index contributed by atoms with van der Waals surface area (Å²) < 4.78 is 6.80. The van der Waals surface area contributed by atoms with Gasteiger partial charge in [0.1, 0.15) is 5.75 Å². The van der Waals surface area contributed by atoms with E-state index >= 15 is 0 Å². The maximum atomic E-state index is 5.81. The van der Waals surface area contributed by atoms with Gasteiger partial charge in [0.2, 0.25) is 0 Å². The molecular weight excluding hydrogens is 322 g/mol. The molecule has 19 heavy (non-hydrogen) atoms. The molecule has 0 bridgehead atoms. The van der Waals surface area contributed by atoms with Crippen LogP contribution < -0.4 is 10.5 Å². The number of rotatable bonds is 6. The minimum Gasteiger partial charge on any atom is -0.491 e. The predicted molar refractivity (Wildman–Crippen MR) is 85.8 cm³/mol. The molecule has 0 fully saturated rings. The van der Waals surface area contributed by atoms with Gasteiger partial charge in [-0.2, -0.15) is 0 Å². The SMILES string of the molecule is Nc1ccccc1OCCCSc1ccccc1Br. The molecule has 0 aromatic heterocycles. The molecule has 2 N–H and O–H groups in total. The number of nitrogen functional groups attached to an aromatic ring is 1. The van der Waals surface area contributed by atoms with Gasteiger partial charge in [-0.15, -0.1) is 11.8 Å². The highest BCUT2D eigenvalue weighted by Crippen LogP contribution is 2.27. The number of benzene rings is 2. The summed E-state index contributed by atoms with van der Waals surface area (Å²) in [5.41, 5.74) is 6.51. The number of anilines is 1. The van der Waals surface area contributed by atoms with Gasteiger partial charge in [-0.25, -0.2) is 0 Å². The van der Waals surface area contributed by atoms with Crippen molar-refractivity contribution in [2.24, 2.45) is 0 Å². The molecule has 0 unspecified atom stereocenters. The maximum absolute atomic E-state index is 5.81. The van der Waals surface area contributed by atoms with Crippen LogP contribution >= 0.6 is 27.7 Å². The molecule has 0 saturated carbocycles. The van der Waals surface area contributed by atoms with Gasteiger partial charge in [0, 0.05) is 15.1 Å². The minimum atomic E-state index is 0.686. The number of thioether (sulfide) groups is 1. The fraction of sp³-hybridized carbons (Fsp3) is 0.200. The predicted octanol–water partition coefficient (Wildman–Crippen LogP) is 4.59. The first-order valence-electron chi connectivity index (χ1n) is 6.12. The zero-order valence-corrected chi connectivity index (χ0v) is 12.9. The van der Waals surface area contributed by atoms with Crippen LogP contribution in [-0.4, -0.2) is 12.4 Å². The summed E-state index contributed by atoms with van der Waals surface area (Å²) in [4.78, 5) is 1.27. The summed E-state index contributed by atoms with van der Waals surface area (Å²) >= 11 is 5.37. The van der Waals surface area contributed by atoms with E-state index in [0.29, 0.717) is 12.3 Å². The Labute approximate surface area is 126 Å². The smallest absolute Gasteiger partial charge is 0.142 e. The summed E-state index contributed by atoms with van der Waals surface area (Å²) in [6.07, 6.45) is 0.986. The second-order valence-electron chi connectivity index (χ2n) is 4.02. The molecule has 0 atom stereocenters. The van der Waals surface area contributed by atoms with Crippen LogP contribution in [0.1, 0.15) is 6.42 Å². The second kappa shape index (κ2) is 7.46. The molecule has 4 heteroatoms. The molecule has 2 rings (SSSR count). The van der Waals surface area contributed by atoms with E-state index < -0.39 is 0 Å².